The summed E-state index contributed by atoms with van der Waals surface area (Å²) in [6, 6.07) is 7.52. The lowest BCUT2D eigenvalue weighted by Crippen LogP contribution is -2.37. The minimum absolute atomic E-state index is 0.00114. The summed E-state index contributed by atoms with van der Waals surface area (Å²) in [5.74, 6) is 0.265. The van der Waals surface area contributed by atoms with Crippen molar-refractivity contribution in [2.75, 3.05) is 19.6 Å². The smallest absolute Gasteiger partial charge is 0.256 e. The molecule has 136 valence electrons. The van der Waals surface area contributed by atoms with Gasteiger partial charge in [-0.15, -0.1) is 0 Å². The first kappa shape index (κ1) is 17.3. The van der Waals surface area contributed by atoms with Gasteiger partial charge in [0.2, 0.25) is 5.91 Å². The van der Waals surface area contributed by atoms with Crippen LogP contribution in [0.5, 0.6) is 0 Å². The molecule has 2 aliphatic rings. The standard InChI is InChI=1S/C20H22ClN3O2/c21-17-8-7-16(19-15(17)5-1-10-22-19)20(26)23-11-2-4-14(9-13-23)24-12-3-6-18(24)25/h1,5,7-8,10,14H,2-4,6,9,11-13H2. The van der Waals surface area contributed by atoms with E-state index in [1.54, 1.807) is 18.3 Å². The molecule has 2 amide bonds. The Morgan fingerprint density at radius 3 is 2.81 bits per heavy atom. The molecule has 5 nitrogen and oxygen atoms in total. The van der Waals surface area contributed by atoms with E-state index in [0.29, 0.717) is 35.6 Å². The van der Waals surface area contributed by atoms with E-state index in [4.69, 9.17) is 11.6 Å². The summed E-state index contributed by atoms with van der Waals surface area (Å²) in [4.78, 5) is 33.5. The summed E-state index contributed by atoms with van der Waals surface area (Å²) < 4.78 is 0. The van der Waals surface area contributed by atoms with Crippen molar-refractivity contribution < 1.29 is 9.59 Å². The maximum Gasteiger partial charge on any atom is 0.256 e. The Hall–Kier alpha value is -2.14. The molecule has 3 heterocycles. The lowest BCUT2D eigenvalue weighted by molar-refractivity contribution is -0.129. The number of hydrogen-bond donors (Lipinski definition) is 0. The molecule has 2 aromatic rings. The quantitative estimate of drug-likeness (QED) is 0.811. The normalized spacial score (nSPS) is 21.3. The van der Waals surface area contributed by atoms with Gasteiger partial charge >= 0.3 is 0 Å². The average molecular weight is 372 g/mol. The van der Waals surface area contributed by atoms with E-state index in [-0.39, 0.29) is 17.9 Å². The number of carbonyl (C=O) groups excluding carboxylic acids is 2. The van der Waals surface area contributed by atoms with Gasteiger partial charge in [0.1, 0.15) is 0 Å². The second-order valence-corrected chi connectivity index (χ2v) is 7.47. The Bertz CT molecular complexity index is 854. The number of carbonyl (C=O) groups is 2. The van der Waals surface area contributed by atoms with Gasteiger partial charge in [-0.1, -0.05) is 11.6 Å². The molecule has 1 unspecified atom stereocenters. The molecule has 6 heteroatoms. The molecule has 0 bridgehead atoms. The van der Waals surface area contributed by atoms with Crippen LogP contribution in [0.1, 0.15) is 42.5 Å². The van der Waals surface area contributed by atoms with Crippen LogP contribution in [-0.4, -0.2) is 52.3 Å². The number of hydrogen-bond acceptors (Lipinski definition) is 3. The molecular weight excluding hydrogens is 350 g/mol. The minimum atomic E-state index is -0.00114. The van der Waals surface area contributed by atoms with Gasteiger partial charge in [-0.05, 0) is 49.9 Å². The predicted octanol–water partition coefficient (Wildman–Crippen LogP) is 3.51. The SMILES string of the molecule is O=C(c1ccc(Cl)c2cccnc12)N1CCCC(N2CCCC2=O)CC1. The molecule has 0 spiro atoms. The molecule has 0 aliphatic carbocycles. The fourth-order valence-electron chi connectivity index (χ4n) is 4.13. The monoisotopic (exact) mass is 371 g/mol. The van der Waals surface area contributed by atoms with Crippen LogP contribution < -0.4 is 0 Å². The van der Waals surface area contributed by atoms with E-state index in [2.05, 4.69) is 4.98 Å². The van der Waals surface area contributed by atoms with Gasteiger partial charge < -0.3 is 9.80 Å². The maximum absolute atomic E-state index is 13.1. The first-order valence-electron chi connectivity index (χ1n) is 9.27. The van der Waals surface area contributed by atoms with Crippen molar-refractivity contribution in [3.8, 4) is 0 Å². The van der Waals surface area contributed by atoms with E-state index < -0.39 is 0 Å². The van der Waals surface area contributed by atoms with Gasteiger partial charge in [0.15, 0.2) is 0 Å². The average Bonchev–Trinajstić information content (AvgIpc) is 2.94. The number of halogens is 1. The Kier molecular flexibility index (Phi) is 4.81. The zero-order valence-corrected chi connectivity index (χ0v) is 15.4. The number of nitrogens with zero attached hydrogens (tertiary/aromatic N) is 3. The first-order chi connectivity index (χ1) is 12.6. The molecule has 1 aromatic carbocycles. The Balaban J connectivity index is 1.54. The molecule has 0 radical (unpaired) electrons. The fourth-order valence-corrected chi connectivity index (χ4v) is 4.34. The third-order valence-corrected chi connectivity index (χ3v) is 5.81. The van der Waals surface area contributed by atoms with Crippen molar-refractivity contribution >= 4 is 34.3 Å². The summed E-state index contributed by atoms with van der Waals surface area (Å²) in [7, 11) is 0. The highest BCUT2D eigenvalue weighted by molar-refractivity contribution is 6.36. The zero-order chi connectivity index (χ0) is 18.1. The highest BCUT2D eigenvalue weighted by Gasteiger charge is 2.30. The first-order valence-corrected chi connectivity index (χ1v) is 9.65. The van der Waals surface area contributed by atoms with E-state index in [1.165, 1.54) is 0 Å². The molecule has 2 saturated heterocycles. The topological polar surface area (TPSA) is 53.5 Å². The highest BCUT2D eigenvalue weighted by atomic mass is 35.5. The molecule has 4 rings (SSSR count). The van der Waals surface area contributed by atoms with Crippen molar-refractivity contribution in [2.24, 2.45) is 0 Å². The third kappa shape index (κ3) is 3.16. The van der Waals surface area contributed by atoms with Crippen molar-refractivity contribution in [1.29, 1.82) is 0 Å². The van der Waals surface area contributed by atoms with E-state index in [0.717, 1.165) is 37.6 Å². The number of aromatic nitrogens is 1. The van der Waals surface area contributed by atoms with Gasteiger partial charge in [-0.2, -0.15) is 0 Å². The lowest BCUT2D eigenvalue weighted by atomic mass is 10.1. The molecule has 1 atom stereocenters. The molecule has 0 N–H and O–H groups in total. The molecule has 1 aromatic heterocycles. The fraction of sp³-hybridized carbons (Fsp3) is 0.450. The highest BCUT2D eigenvalue weighted by Crippen LogP contribution is 2.27. The largest absolute Gasteiger partial charge is 0.340 e. The molecular formula is C20H22ClN3O2. The van der Waals surface area contributed by atoms with Crippen LogP contribution in [-0.2, 0) is 4.79 Å². The summed E-state index contributed by atoms with van der Waals surface area (Å²) >= 11 is 6.25. The zero-order valence-electron chi connectivity index (χ0n) is 14.7. The van der Waals surface area contributed by atoms with Gasteiger partial charge in [-0.25, -0.2) is 0 Å². The second kappa shape index (κ2) is 7.23. The van der Waals surface area contributed by atoms with Crippen LogP contribution in [0.15, 0.2) is 30.5 Å². The van der Waals surface area contributed by atoms with Gasteiger partial charge in [-0.3, -0.25) is 14.6 Å². The molecule has 2 fully saturated rings. The van der Waals surface area contributed by atoms with Crippen molar-refractivity contribution in [2.45, 2.75) is 38.1 Å². The van der Waals surface area contributed by atoms with Crippen LogP contribution in [0, 0.1) is 0 Å². The Labute approximate surface area is 157 Å². The van der Waals surface area contributed by atoms with Crippen LogP contribution in [0.3, 0.4) is 0 Å². The van der Waals surface area contributed by atoms with Crippen LogP contribution in [0.2, 0.25) is 5.02 Å². The van der Waals surface area contributed by atoms with Gasteiger partial charge in [0.25, 0.3) is 5.91 Å². The minimum Gasteiger partial charge on any atom is -0.340 e. The van der Waals surface area contributed by atoms with Gasteiger partial charge in [0, 0.05) is 43.7 Å². The van der Waals surface area contributed by atoms with Crippen LogP contribution in [0.25, 0.3) is 10.9 Å². The van der Waals surface area contributed by atoms with Crippen LogP contribution >= 0.6 is 11.6 Å². The Morgan fingerprint density at radius 2 is 2.00 bits per heavy atom. The van der Waals surface area contributed by atoms with Crippen molar-refractivity contribution in [3.05, 3.63) is 41.0 Å². The maximum atomic E-state index is 13.1. The van der Waals surface area contributed by atoms with E-state index >= 15 is 0 Å². The number of rotatable bonds is 2. The third-order valence-electron chi connectivity index (χ3n) is 5.48. The lowest BCUT2D eigenvalue weighted by Gasteiger charge is -2.27. The summed E-state index contributed by atoms with van der Waals surface area (Å²) in [6.45, 7) is 2.25. The van der Waals surface area contributed by atoms with E-state index in [9.17, 15) is 9.59 Å². The van der Waals surface area contributed by atoms with Gasteiger partial charge in [0.05, 0.1) is 16.1 Å². The number of fused-ring (bicyclic) bond motifs is 1. The predicted molar refractivity (Wildman–Crippen MR) is 101 cm³/mol. The number of benzene rings is 1. The number of amides is 2. The second-order valence-electron chi connectivity index (χ2n) is 7.06. The number of pyridine rings is 1. The molecule has 2 aliphatic heterocycles. The van der Waals surface area contributed by atoms with Crippen molar-refractivity contribution in [1.82, 2.24) is 14.8 Å². The summed E-state index contributed by atoms with van der Waals surface area (Å²) in [5, 5.41) is 1.41. The summed E-state index contributed by atoms with van der Waals surface area (Å²) in [6.07, 6.45) is 6.04. The van der Waals surface area contributed by atoms with Crippen LogP contribution in [0.4, 0.5) is 0 Å². The number of likely N-dealkylation sites (tertiary alicyclic amines) is 2. The molecule has 0 saturated carbocycles. The Morgan fingerprint density at radius 1 is 1.12 bits per heavy atom. The van der Waals surface area contributed by atoms with Crippen molar-refractivity contribution in [3.63, 3.8) is 0 Å². The van der Waals surface area contributed by atoms with E-state index in [1.807, 2.05) is 21.9 Å². The molecule has 26 heavy (non-hydrogen) atoms. The summed E-state index contributed by atoms with van der Waals surface area (Å²) in [5.41, 5.74) is 1.25.